The summed E-state index contributed by atoms with van der Waals surface area (Å²) in [6.07, 6.45) is -3.14. The van der Waals surface area contributed by atoms with Crippen molar-refractivity contribution in [3.8, 4) is 0 Å². The van der Waals surface area contributed by atoms with Gasteiger partial charge in [-0.3, -0.25) is 4.79 Å². The second kappa shape index (κ2) is 4.75. The molecule has 2 aromatic rings. The molecule has 1 heterocycles. The van der Waals surface area contributed by atoms with Gasteiger partial charge in [0.2, 0.25) is 0 Å². The highest BCUT2D eigenvalue weighted by Gasteiger charge is 2.21. The normalized spacial score (nSPS) is 14.6. The Morgan fingerprint density at radius 1 is 1.44 bits per heavy atom. The van der Waals surface area contributed by atoms with Gasteiger partial charge in [-0.05, 0) is 17.7 Å². The maximum Gasteiger partial charge on any atom is 0.306 e. The average Bonchev–Trinajstić information content (AvgIpc) is 2.65. The van der Waals surface area contributed by atoms with E-state index < -0.39 is 24.6 Å². The van der Waals surface area contributed by atoms with Crippen LogP contribution in [0, 0.1) is 6.92 Å². The molecule has 1 aromatic heterocycles. The van der Waals surface area contributed by atoms with Crippen molar-refractivity contribution >= 4 is 17.1 Å². The van der Waals surface area contributed by atoms with Crippen molar-refractivity contribution in [2.75, 3.05) is 0 Å². The Bertz CT molecular complexity index is 577. The Hall–Kier alpha value is -1.92. The lowest BCUT2D eigenvalue weighted by molar-refractivity contribution is -0.141. The zero-order chi connectivity index (χ0) is 13.3. The fourth-order valence-corrected chi connectivity index (χ4v) is 1.75. The van der Waals surface area contributed by atoms with Gasteiger partial charge in [0.15, 0.2) is 11.5 Å². The van der Waals surface area contributed by atoms with Crippen LogP contribution in [0.25, 0.3) is 11.1 Å². The lowest BCUT2D eigenvalue weighted by Crippen LogP contribution is -2.21. The third kappa shape index (κ3) is 2.49. The first kappa shape index (κ1) is 12.5. The standard InChI is InChI=1S/C12H13NO5/c1-6-13-8-3-2-7(4-10(8)18-6)12(17)9(14)5-11(15)16/h2-4,9,12,14,17H,5H2,1H3,(H,15,16). The van der Waals surface area contributed by atoms with Crippen LogP contribution < -0.4 is 0 Å². The number of carbonyl (C=O) groups is 1. The number of aliphatic carboxylic acids is 1. The van der Waals surface area contributed by atoms with Gasteiger partial charge in [-0.25, -0.2) is 4.98 Å². The van der Waals surface area contributed by atoms with Gasteiger partial charge in [-0.2, -0.15) is 0 Å². The molecule has 0 radical (unpaired) electrons. The molecule has 2 atom stereocenters. The molecule has 0 spiro atoms. The van der Waals surface area contributed by atoms with E-state index in [-0.39, 0.29) is 0 Å². The third-order valence-electron chi connectivity index (χ3n) is 2.61. The molecule has 0 fully saturated rings. The Morgan fingerprint density at radius 3 is 2.83 bits per heavy atom. The largest absolute Gasteiger partial charge is 0.481 e. The van der Waals surface area contributed by atoms with Crippen molar-refractivity contribution in [2.45, 2.75) is 25.6 Å². The summed E-state index contributed by atoms with van der Waals surface area (Å²) < 4.78 is 5.30. The molecule has 2 rings (SSSR count). The highest BCUT2D eigenvalue weighted by molar-refractivity contribution is 5.73. The Kier molecular flexibility index (Phi) is 3.31. The van der Waals surface area contributed by atoms with E-state index in [0.29, 0.717) is 22.6 Å². The smallest absolute Gasteiger partial charge is 0.306 e. The summed E-state index contributed by atoms with van der Waals surface area (Å²) in [6.45, 7) is 1.70. The minimum Gasteiger partial charge on any atom is -0.481 e. The minimum atomic E-state index is -1.36. The van der Waals surface area contributed by atoms with E-state index in [1.807, 2.05) is 0 Å². The first-order valence-electron chi connectivity index (χ1n) is 5.42. The summed E-state index contributed by atoms with van der Waals surface area (Å²) in [5.41, 5.74) is 1.54. The number of aliphatic hydroxyl groups excluding tert-OH is 2. The zero-order valence-electron chi connectivity index (χ0n) is 9.70. The minimum absolute atomic E-state index is 0.396. The lowest BCUT2D eigenvalue weighted by atomic mass is 10.0. The molecule has 6 heteroatoms. The van der Waals surface area contributed by atoms with Crippen LogP contribution in [-0.4, -0.2) is 32.4 Å². The number of nitrogens with zero attached hydrogens (tertiary/aromatic N) is 1. The first-order chi connectivity index (χ1) is 8.47. The van der Waals surface area contributed by atoms with Crippen molar-refractivity contribution in [1.82, 2.24) is 4.98 Å². The van der Waals surface area contributed by atoms with E-state index in [1.54, 1.807) is 25.1 Å². The van der Waals surface area contributed by atoms with Gasteiger partial charge in [0.1, 0.15) is 11.6 Å². The predicted octanol–water partition coefficient (Wildman–Crippen LogP) is 1.01. The number of aryl methyl sites for hydroxylation is 1. The van der Waals surface area contributed by atoms with E-state index in [0.717, 1.165) is 0 Å². The number of fused-ring (bicyclic) bond motifs is 1. The van der Waals surface area contributed by atoms with E-state index in [9.17, 15) is 15.0 Å². The molecular formula is C12H13NO5. The predicted molar refractivity (Wildman–Crippen MR) is 62.0 cm³/mol. The Morgan fingerprint density at radius 2 is 2.17 bits per heavy atom. The summed E-state index contributed by atoms with van der Waals surface area (Å²) in [6, 6.07) is 4.78. The SMILES string of the molecule is Cc1nc2ccc(C(O)C(O)CC(=O)O)cc2o1. The molecule has 0 saturated carbocycles. The number of rotatable bonds is 4. The maximum absolute atomic E-state index is 10.5. The molecule has 3 N–H and O–H groups in total. The fraction of sp³-hybridized carbons (Fsp3) is 0.333. The highest BCUT2D eigenvalue weighted by Crippen LogP contribution is 2.24. The van der Waals surface area contributed by atoms with Crippen LogP contribution >= 0.6 is 0 Å². The number of hydrogen-bond acceptors (Lipinski definition) is 5. The molecule has 6 nitrogen and oxygen atoms in total. The fourth-order valence-electron chi connectivity index (χ4n) is 1.75. The van der Waals surface area contributed by atoms with Crippen molar-refractivity contribution < 1.29 is 24.5 Å². The number of hydrogen-bond donors (Lipinski definition) is 3. The molecule has 96 valence electrons. The van der Waals surface area contributed by atoms with Gasteiger partial charge in [0, 0.05) is 6.92 Å². The van der Waals surface area contributed by atoms with E-state index in [4.69, 9.17) is 9.52 Å². The van der Waals surface area contributed by atoms with Gasteiger partial charge < -0.3 is 19.7 Å². The van der Waals surface area contributed by atoms with Gasteiger partial charge in [0.25, 0.3) is 0 Å². The molecule has 0 bridgehead atoms. The number of aliphatic hydroxyl groups is 2. The molecular weight excluding hydrogens is 238 g/mol. The number of aromatic nitrogens is 1. The summed E-state index contributed by atoms with van der Waals surface area (Å²) in [5, 5.41) is 27.9. The van der Waals surface area contributed by atoms with Gasteiger partial charge in [-0.15, -0.1) is 0 Å². The summed E-state index contributed by atoms with van der Waals surface area (Å²) in [5.74, 6) is -0.666. The quantitative estimate of drug-likeness (QED) is 0.749. The Balaban J connectivity index is 2.26. The van der Waals surface area contributed by atoms with Crippen molar-refractivity contribution in [3.63, 3.8) is 0 Å². The monoisotopic (exact) mass is 251 g/mol. The number of carboxylic acids is 1. The van der Waals surface area contributed by atoms with Gasteiger partial charge >= 0.3 is 5.97 Å². The lowest BCUT2D eigenvalue weighted by Gasteiger charge is -2.16. The van der Waals surface area contributed by atoms with Gasteiger partial charge in [-0.1, -0.05) is 6.07 Å². The molecule has 0 aliphatic heterocycles. The molecule has 2 unspecified atom stereocenters. The first-order valence-corrected chi connectivity index (χ1v) is 5.42. The van der Waals surface area contributed by atoms with Crippen LogP contribution in [0.3, 0.4) is 0 Å². The van der Waals surface area contributed by atoms with Crippen LogP contribution in [0.15, 0.2) is 22.6 Å². The maximum atomic E-state index is 10.5. The van der Waals surface area contributed by atoms with Crippen LogP contribution in [0.4, 0.5) is 0 Å². The van der Waals surface area contributed by atoms with Crippen molar-refractivity contribution in [3.05, 3.63) is 29.7 Å². The number of carboxylic acid groups (broad SMARTS) is 1. The number of benzene rings is 1. The molecule has 0 aliphatic rings. The molecule has 0 aliphatic carbocycles. The summed E-state index contributed by atoms with van der Waals surface area (Å²) in [7, 11) is 0. The van der Waals surface area contributed by atoms with Gasteiger partial charge in [0.05, 0.1) is 12.5 Å². The second-order valence-electron chi connectivity index (χ2n) is 4.07. The average molecular weight is 251 g/mol. The highest BCUT2D eigenvalue weighted by atomic mass is 16.4. The molecule has 0 saturated heterocycles. The number of oxazole rings is 1. The van der Waals surface area contributed by atoms with E-state index >= 15 is 0 Å². The zero-order valence-corrected chi connectivity index (χ0v) is 9.70. The van der Waals surface area contributed by atoms with Crippen molar-refractivity contribution in [1.29, 1.82) is 0 Å². The molecule has 0 amide bonds. The van der Waals surface area contributed by atoms with Crippen LogP contribution in [-0.2, 0) is 4.79 Å². The summed E-state index contributed by atoms with van der Waals surface area (Å²) >= 11 is 0. The van der Waals surface area contributed by atoms with Crippen molar-refractivity contribution in [2.24, 2.45) is 0 Å². The molecule has 1 aromatic carbocycles. The third-order valence-corrected chi connectivity index (χ3v) is 2.61. The van der Waals surface area contributed by atoms with Crippen LogP contribution in [0.2, 0.25) is 0 Å². The van der Waals surface area contributed by atoms with Crippen LogP contribution in [0.1, 0.15) is 24.0 Å². The van der Waals surface area contributed by atoms with E-state index in [1.165, 1.54) is 0 Å². The second-order valence-corrected chi connectivity index (χ2v) is 4.07. The Labute approximate surface area is 102 Å². The molecule has 18 heavy (non-hydrogen) atoms. The van der Waals surface area contributed by atoms with E-state index in [2.05, 4.69) is 4.98 Å². The van der Waals surface area contributed by atoms with Crippen LogP contribution in [0.5, 0.6) is 0 Å². The topological polar surface area (TPSA) is 104 Å². The summed E-state index contributed by atoms with van der Waals surface area (Å²) in [4.78, 5) is 14.6.